The van der Waals surface area contributed by atoms with Gasteiger partial charge in [0.15, 0.2) is 0 Å². The largest absolute Gasteiger partial charge is 0.381 e. The molecule has 19 heavy (non-hydrogen) atoms. The summed E-state index contributed by atoms with van der Waals surface area (Å²) in [4.78, 5) is 11.7. The maximum atomic E-state index is 13.3. The molecule has 1 saturated heterocycles. The maximum absolute atomic E-state index is 13.3. The van der Waals surface area contributed by atoms with Gasteiger partial charge in [-0.15, -0.1) is 0 Å². The van der Waals surface area contributed by atoms with Gasteiger partial charge in [-0.2, -0.15) is 0 Å². The summed E-state index contributed by atoms with van der Waals surface area (Å²) in [7, 11) is 0. The molecule has 0 saturated carbocycles. The van der Waals surface area contributed by atoms with E-state index in [1.165, 1.54) is 6.07 Å². The van der Waals surface area contributed by atoms with Crippen LogP contribution >= 0.6 is 0 Å². The zero-order valence-electron chi connectivity index (χ0n) is 10.6. The first-order chi connectivity index (χ1) is 9.15. The lowest BCUT2D eigenvalue weighted by molar-refractivity contribution is -0.116. The number of ether oxygens (including phenoxy) is 1. The van der Waals surface area contributed by atoms with Crippen molar-refractivity contribution >= 4 is 11.6 Å². The number of carbonyl (C=O) groups is 1. The van der Waals surface area contributed by atoms with Gasteiger partial charge >= 0.3 is 0 Å². The number of carbonyl (C=O) groups excluding carboxylic acids is 1. The molecule has 1 fully saturated rings. The van der Waals surface area contributed by atoms with E-state index in [1.807, 2.05) is 0 Å². The fraction of sp³-hybridized carbons (Fsp3) is 0.500. The fourth-order valence-corrected chi connectivity index (χ4v) is 2.17. The summed E-state index contributed by atoms with van der Waals surface area (Å²) < 4.78 is 31.3. The zero-order valence-corrected chi connectivity index (χ0v) is 10.6. The number of rotatable bonds is 4. The minimum atomic E-state index is -0.751. The van der Waals surface area contributed by atoms with Crippen LogP contribution in [-0.2, 0) is 9.53 Å². The molecule has 1 heterocycles. The summed E-state index contributed by atoms with van der Waals surface area (Å²) in [6.07, 6.45) is 3.07. The molecule has 104 valence electrons. The van der Waals surface area contributed by atoms with E-state index in [0.717, 1.165) is 44.6 Å². The van der Waals surface area contributed by atoms with Crippen molar-refractivity contribution in [2.24, 2.45) is 5.92 Å². The highest BCUT2D eigenvalue weighted by molar-refractivity contribution is 5.90. The predicted molar refractivity (Wildman–Crippen MR) is 67.8 cm³/mol. The molecule has 0 spiro atoms. The van der Waals surface area contributed by atoms with Crippen LogP contribution in [0.15, 0.2) is 18.2 Å². The molecule has 0 radical (unpaired) electrons. The second kappa shape index (κ2) is 6.61. The summed E-state index contributed by atoms with van der Waals surface area (Å²) in [5.41, 5.74) is 0.0263. The van der Waals surface area contributed by atoms with Crippen molar-refractivity contribution in [1.29, 1.82) is 0 Å². The first-order valence-corrected chi connectivity index (χ1v) is 6.48. The predicted octanol–water partition coefficient (Wildman–Crippen LogP) is 3.11. The van der Waals surface area contributed by atoms with Crippen molar-refractivity contribution in [1.82, 2.24) is 0 Å². The third-order valence-corrected chi connectivity index (χ3v) is 3.33. The zero-order chi connectivity index (χ0) is 13.7. The monoisotopic (exact) mass is 269 g/mol. The highest BCUT2D eigenvalue weighted by Crippen LogP contribution is 2.21. The Morgan fingerprint density at radius 2 is 2.05 bits per heavy atom. The van der Waals surface area contributed by atoms with Crippen LogP contribution < -0.4 is 5.32 Å². The van der Waals surface area contributed by atoms with Gasteiger partial charge < -0.3 is 10.1 Å². The summed E-state index contributed by atoms with van der Waals surface area (Å²) in [6.45, 7) is 1.50. The molecule has 1 N–H and O–H groups in total. The van der Waals surface area contributed by atoms with Crippen molar-refractivity contribution in [2.45, 2.75) is 25.7 Å². The number of anilines is 1. The van der Waals surface area contributed by atoms with E-state index in [1.54, 1.807) is 0 Å². The van der Waals surface area contributed by atoms with Crippen LogP contribution in [0.3, 0.4) is 0 Å². The molecule has 1 aliphatic heterocycles. The Morgan fingerprint density at radius 1 is 1.32 bits per heavy atom. The van der Waals surface area contributed by atoms with E-state index in [0.29, 0.717) is 12.3 Å². The molecule has 1 amide bonds. The lowest BCUT2D eigenvalue weighted by Crippen LogP contribution is -2.19. The summed E-state index contributed by atoms with van der Waals surface area (Å²) in [5.74, 6) is -1.15. The Balaban J connectivity index is 1.80. The molecule has 5 heteroatoms. The lowest BCUT2D eigenvalue weighted by Gasteiger charge is -2.21. The van der Waals surface area contributed by atoms with Crippen LogP contribution in [0.5, 0.6) is 0 Å². The first kappa shape index (κ1) is 13.9. The normalized spacial score (nSPS) is 16.3. The van der Waals surface area contributed by atoms with E-state index in [2.05, 4.69) is 5.32 Å². The number of hydrogen-bond donors (Lipinski definition) is 1. The average molecular weight is 269 g/mol. The highest BCUT2D eigenvalue weighted by Gasteiger charge is 2.15. The van der Waals surface area contributed by atoms with Crippen molar-refractivity contribution in [2.75, 3.05) is 18.5 Å². The quantitative estimate of drug-likeness (QED) is 0.912. The van der Waals surface area contributed by atoms with Crippen LogP contribution in [0, 0.1) is 17.6 Å². The highest BCUT2D eigenvalue weighted by atomic mass is 19.1. The number of amides is 1. The standard InChI is InChI=1S/C14H17F2NO2/c15-11-2-3-13(12(16)9-11)17-14(18)4-1-10-5-7-19-8-6-10/h2-3,9-10H,1,4-8H2,(H,17,18). The van der Waals surface area contributed by atoms with Gasteiger partial charge in [-0.1, -0.05) is 0 Å². The van der Waals surface area contributed by atoms with E-state index in [-0.39, 0.29) is 11.6 Å². The Bertz CT molecular complexity index is 445. The van der Waals surface area contributed by atoms with Crippen LogP contribution in [0.4, 0.5) is 14.5 Å². The van der Waals surface area contributed by atoms with Gasteiger partial charge in [0.1, 0.15) is 11.6 Å². The molecule has 0 bridgehead atoms. The Hall–Kier alpha value is -1.49. The molecule has 0 aliphatic carbocycles. The molecule has 0 unspecified atom stereocenters. The summed E-state index contributed by atoms with van der Waals surface area (Å²) >= 11 is 0. The molecule has 3 nitrogen and oxygen atoms in total. The second-order valence-electron chi connectivity index (χ2n) is 4.77. The molecule has 0 atom stereocenters. The van der Waals surface area contributed by atoms with Gasteiger partial charge in [0, 0.05) is 25.7 Å². The van der Waals surface area contributed by atoms with Crippen molar-refractivity contribution in [3.05, 3.63) is 29.8 Å². The minimum Gasteiger partial charge on any atom is -0.381 e. The molecule has 1 aromatic rings. The molecule has 1 aliphatic rings. The SMILES string of the molecule is O=C(CCC1CCOCC1)Nc1ccc(F)cc1F. The van der Waals surface area contributed by atoms with Gasteiger partial charge in [0.05, 0.1) is 5.69 Å². The third-order valence-electron chi connectivity index (χ3n) is 3.33. The summed E-state index contributed by atoms with van der Waals surface area (Å²) in [6, 6.07) is 3.11. The van der Waals surface area contributed by atoms with Gasteiger partial charge in [-0.05, 0) is 37.3 Å². The molecular formula is C14H17F2NO2. The third kappa shape index (κ3) is 4.28. The van der Waals surface area contributed by atoms with Crippen molar-refractivity contribution in [3.63, 3.8) is 0 Å². The van der Waals surface area contributed by atoms with Gasteiger partial charge in [-0.25, -0.2) is 8.78 Å². The van der Waals surface area contributed by atoms with E-state index < -0.39 is 11.6 Å². The first-order valence-electron chi connectivity index (χ1n) is 6.48. The van der Waals surface area contributed by atoms with E-state index in [9.17, 15) is 13.6 Å². The topological polar surface area (TPSA) is 38.3 Å². The van der Waals surface area contributed by atoms with Crippen LogP contribution in [0.25, 0.3) is 0 Å². The van der Waals surface area contributed by atoms with Crippen molar-refractivity contribution in [3.8, 4) is 0 Å². The lowest BCUT2D eigenvalue weighted by atomic mass is 9.95. The minimum absolute atomic E-state index is 0.0263. The maximum Gasteiger partial charge on any atom is 0.224 e. The summed E-state index contributed by atoms with van der Waals surface area (Å²) in [5, 5.41) is 2.47. The Morgan fingerprint density at radius 3 is 2.74 bits per heavy atom. The van der Waals surface area contributed by atoms with E-state index >= 15 is 0 Å². The second-order valence-corrected chi connectivity index (χ2v) is 4.77. The fourth-order valence-electron chi connectivity index (χ4n) is 2.17. The Labute approximate surface area is 111 Å². The molecule has 2 rings (SSSR count). The van der Waals surface area contributed by atoms with E-state index in [4.69, 9.17) is 4.74 Å². The van der Waals surface area contributed by atoms with Crippen molar-refractivity contribution < 1.29 is 18.3 Å². The van der Waals surface area contributed by atoms with Crippen LogP contribution in [-0.4, -0.2) is 19.1 Å². The Kier molecular flexibility index (Phi) is 4.85. The molecule has 0 aromatic heterocycles. The molecule has 1 aromatic carbocycles. The number of hydrogen-bond acceptors (Lipinski definition) is 2. The van der Waals surface area contributed by atoms with Gasteiger partial charge in [0.25, 0.3) is 0 Å². The van der Waals surface area contributed by atoms with Gasteiger partial charge in [0.2, 0.25) is 5.91 Å². The number of nitrogens with one attached hydrogen (secondary N) is 1. The smallest absolute Gasteiger partial charge is 0.224 e. The van der Waals surface area contributed by atoms with Gasteiger partial charge in [-0.3, -0.25) is 4.79 Å². The number of benzene rings is 1. The number of halogens is 2. The van der Waals surface area contributed by atoms with Crippen LogP contribution in [0.2, 0.25) is 0 Å². The van der Waals surface area contributed by atoms with Crippen LogP contribution in [0.1, 0.15) is 25.7 Å². The average Bonchev–Trinajstić information content (AvgIpc) is 2.41. The molecular weight excluding hydrogens is 252 g/mol.